The second kappa shape index (κ2) is 9.06. The summed E-state index contributed by atoms with van der Waals surface area (Å²) in [5, 5.41) is 3.24. The molecule has 0 heterocycles. The number of rotatable bonds is 6. The van der Waals surface area contributed by atoms with Crippen LogP contribution in [-0.4, -0.2) is 18.0 Å². The van der Waals surface area contributed by atoms with Gasteiger partial charge in [-0.25, -0.2) is 4.79 Å². The summed E-state index contributed by atoms with van der Waals surface area (Å²) >= 11 is 5.82. The number of nitrogens with one attached hydrogen (secondary N) is 1. The van der Waals surface area contributed by atoms with E-state index in [1.807, 2.05) is 30.3 Å². The lowest BCUT2D eigenvalue weighted by molar-refractivity contribution is -0.123. The fraction of sp³-hybridized carbons (Fsp3) is 0.0909. The number of esters is 1. The predicted molar refractivity (Wildman–Crippen MR) is 108 cm³/mol. The molecule has 3 rings (SSSR count). The first-order chi connectivity index (χ1) is 13.5. The molecule has 0 saturated heterocycles. The third-order valence-corrected chi connectivity index (χ3v) is 4.07. The summed E-state index contributed by atoms with van der Waals surface area (Å²) in [4.78, 5) is 24.6. The lowest BCUT2D eigenvalue weighted by Gasteiger charge is -2.14. The number of halogens is 1. The van der Waals surface area contributed by atoms with E-state index in [0.717, 1.165) is 0 Å². The molecule has 1 N–H and O–H groups in total. The van der Waals surface area contributed by atoms with Gasteiger partial charge in [0.1, 0.15) is 11.5 Å². The van der Waals surface area contributed by atoms with Crippen LogP contribution < -0.4 is 10.1 Å². The monoisotopic (exact) mass is 395 g/mol. The Morgan fingerprint density at radius 1 is 0.893 bits per heavy atom. The van der Waals surface area contributed by atoms with Crippen molar-refractivity contribution >= 4 is 29.2 Å². The molecule has 0 aliphatic rings. The van der Waals surface area contributed by atoms with E-state index in [9.17, 15) is 9.59 Å². The molecular formula is C22H18ClNO4. The summed E-state index contributed by atoms with van der Waals surface area (Å²) in [5.41, 5.74) is 0.857. The van der Waals surface area contributed by atoms with Crippen molar-refractivity contribution in [1.82, 2.24) is 0 Å². The molecule has 0 saturated carbocycles. The normalized spacial score (nSPS) is 11.4. The Hall–Kier alpha value is -3.31. The van der Waals surface area contributed by atoms with E-state index < -0.39 is 18.0 Å². The van der Waals surface area contributed by atoms with Crippen LogP contribution in [0.25, 0.3) is 0 Å². The Morgan fingerprint density at radius 2 is 1.57 bits per heavy atom. The third kappa shape index (κ3) is 5.34. The number of carbonyl (C=O) groups is 2. The number of ether oxygens (including phenoxy) is 2. The van der Waals surface area contributed by atoms with Crippen molar-refractivity contribution < 1.29 is 19.1 Å². The minimum Gasteiger partial charge on any atom is -0.457 e. The topological polar surface area (TPSA) is 64.6 Å². The van der Waals surface area contributed by atoms with Gasteiger partial charge >= 0.3 is 5.97 Å². The highest BCUT2D eigenvalue weighted by molar-refractivity contribution is 6.30. The maximum Gasteiger partial charge on any atom is 0.339 e. The van der Waals surface area contributed by atoms with E-state index in [0.29, 0.717) is 27.8 Å². The van der Waals surface area contributed by atoms with Crippen molar-refractivity contribution in [2.45, 2.75) is 13.0 Å². The molecule has 28 heavy (non-hydrogen) atoms. The molecule has 0 bridgehead atoms. The van der Waals surface area contributed by atoms with Crippen LogP contribution in [0.3, 0.4) is 0 Å². The van der Waals surface area contributed by atoms with E-state index in [4.69, 9.17) is 21.1 Å². The van der Waals surface area contributed by atoms with Crippen LogP contribution >= 0.6 is 11.6 Å². The number of benzene rings is 3. The molecule has 0 aliphatic carbocycles. The molecule has 3 aromatic carbocycles. The van der Waals surface area contributed by atoms with Crippen LogP contribution in [0.4, 0.5) is 5.69 Å². The number of carbonyl (C=O) groups excluding carboxylic acids is 2. The molecule has 5 nitrogen and oxygen atoms in total. The zero-order chi connectivity index (χ0) is 19.9. The maximum atomic E-state index is 12.4. The fourth-order valence-electron chi connectivity index (χ4n) is 2.37. The summed E-state index contributed by atoms with van der Waals surface area (Å²) in [5.74, 6) is 0.104. The van der Waals surface area contributed by atoms with Gasteiger partial charge in [-0.2, -0.15) is 0 Å². The molecule has 142 valence electrons. The van der Waals surface area contributed by atoms with Crippen LogP contribution in [0, 0.1) is 0 Å². The molecule has 1 atom stereocenters. The Kier molecular flexibility index (Phi) is 6.29. The number of para-hydroxylation sites is 1. The number of hydrogen-bond acceptors (Lipinski definition) is 4. The van der Waals surface area contributed by atoms with Gasteiger partial charge < -0.3 is 14.8 Å². The van der Waals surface area contributed by atoms with E-state index in [-0.39, 0.29) is 0 Å². The van der Waals surface area contributed by atoms with Crippen molar-refractivity contribution in [1.29, 1.82) is 0 Å². The average molecular weight is 396 g/mol. The van der Waals surface area contributed by atoms with E-state index in [2.05, 4.69) is 5.32 Å². The zero-order valence-corrected chi connectivity index (χ0v) is 15.8. The van der Waals surface area contributed by atoms with Crippen molar-refractivity contribution in [3.8, 4) is 11.5 Å². The number of hydrogen-bond donors (Lipinski definition) is 1. The van der Waals surface area contributed by atoms with Crippen LogP contribution in [0.5, 0.6) is 11.5 Å². The van der Waals surface area contributed by atoms with E-state index in [1.54, 1.807) is 48.5 Å². The van der Waals surface area contributed by atoms with Crippen LogP contribution in [0.1, 0.15) is 17.3 Å². The quantitative estimate of drug-likeness (QED) is 0.574. The van der Waals surface area contributed by atoms with Gasteiger partial charge in [0, 0.05) is 10.7 Å². The summed E-state index contributed by atoms with van der Waals surface area (Å²) < 4.78 is 11.0. The van der Waals surface area contributed by atoms with E-state index >= 15 is 0 Å². The minimum atomic E-state index is -0.970. The molecule has 1 amide bonds. The van der Waals surface area contributed by atoms with Crippen molar-refractivity contribution in [2.24, 2.45) is 0 Å². The molecule has 0 aliphatic heterocycles. The molecule has 0 unspecified atom stereocenters. The zero-order valence-electron chi connectivity index (χ0n) is 15.1. The maximum absolute atomic E-state index is 12.4. The highest BCUT2D eigenvalue weighted by Crippen LogP contribution is 2.22. The Labute approximate surface area is 167 Å². The first kappa shape index (κ1) is 19.5. The van der Waals surface area contributed by atoms with Gasteiger partial charge in [-0.05, 0) is 61.5 Å². The molecular weight excluding hydrogens is 378 g/mol. The van der Waals surface area contributed by atoms with Gasteiger partial charge in [-0.15, -0.1) is 0 Å². The Bertz CT molecular complexity index is 958. The molecule has 0 spiro atoms. The summed E-state index contributed by atoms with van der Waals surface area (Å²) in [6.45, 7) is 1.51. The van der Waals surface area contributed by atoms with Gasteiger partial charge in [0.15, 0.2) is 6.10 Å². The second-order valence-electron chi connectivity index (χ2n) is 5.99. The molecule has 0 fully saturated rings. The molecule has 0 aromatic heterocycles. The SMILES string of the molecule is C[C@H](OC(=O)c1cccc(Oc2ccccc2)c1)C(=O)Nc1ccc(Cl)cc1. The molecule has 0 radical (unpaired) electrons. The Morgan fingerprint density at radius 3 is 2.29 bits per heavy atom. The van der Waals surface area contributed by atoms with Crippen LogP contribution in [0.2, 0.25) is 5.02 Å². The summed E-state index contributed by atoms with van der Waals surface area (Å²) in [6.07, 6.45) is -0.970. The third-order valence-electron chi connectivity index (χ3n) is 3.81. The van der Waals surface area contributed by atoms with Gasteiger partial charge in [0.2, 0.25) is 0 Å². The van der Waals surface area contributed by atoms with Gasteiger partial charge in [-0.3, -0.25) is 4.79 Å². The van der Waals surface area contributed by atoms with Gasteiger partial charge in [-0.1, -0.05) is 35.9 Å². The minimum absolute atomic E-state index is 0.291. The van der Waals surface area contributed by atoms with E-state index in [1.165, 1.54) is 6.92 Å². The summed E-state index contributed by atoms with van der Waals surface area (Å²) in [6, 6.07) is 22.5. The lowest BCUT2D eigenvalue weighted by Crippen LogP contribution is -2.30. The van der Waals surface area contributed by atoms with Crippen LogP contribution in [-0.2, 0) is 9.53 Å². The number of amides is 1. The smallest absolute Gasteiger partial charge is 0.339 e. The fourth-order valence-corrected chi connectivity index (χ4v) is 2.50. The lowest BCUT2D eigenvalue weighted by atomic mass is 10.2. The average Bonchev–Trinajstić information content (AvgIpc) is 2.70. The first-order valence-corrected chi connectivity index (χ1v) is 8.99. The standard InChI is InChI=1S/C22H18ClNO4/c1-15(21(25)24-18-12-10-17(23)11-13-18)27-22(26)16-6-5-9-20(14-16)28-19-7-3-2-4-8-19/h2-15H,1H3,(H,24,25)/t15-/m0/s1. The molecule has 3 aromatic rings. The number of anilines is 1. The highest BCUT2D eigenvalue weighted by atomic mass is 35.5. The Balaban J connectivity index is 1.61. The second-order valence-corrected chi connectivity index (χ2v) is 6.42. The van der Waals surface area contributed by atoms with Crippen molar-refractivity contribution in [3.05, 3.63) is 89.4 Å². The predicted octanol–water partition coefficient (Wildman–Crippen LogP) is 5.32. The van der Waals surface area contributed by atoms with Gasteiger partial charge in [0.05, 0.1) is 5.56 Å². The summed E-state index contributed by atoms with van der Waals surface area (Å²) in [7, 11) is 0. The molecule has 6 heteroatoms. The van der Waals surface area contributed by atoms with Crippen molar-refractivity contribution in [3.63, 3.8) is 0 Å². The highest BCUT2D eigenvalue weighted by Gasteiger charge is 2.19. The largest absolute Gasteiger partial charge is 0.457 e. The van der Waals surface area contributed by atoms with Crippen molar-refractivity contribution in [2.75, 3.05) is 5.32 Å². The van der Waals surface area contributed by atoms with Gasteiger partial charge in [0.25, 0.3) is 5.91 Å². The van der Waals surface area contributed by atoms with Crippen LogP contribution in [0.15, 0.2) is 78.9 Å². The first-order valence-electron chi connectivity index (χ1n) is 8.61.